The third-order valence-corrected chi connectivity index (χ3v) is 3.13. The fraction of sp³-hybridized carbons (Fsp3) is 0.214. The van der Waals surface area contributed by atoms with Crippen molar-refractivity contribution in [3.8, 4) is 5.75 Å². The van der Waals surface area contributed by atoms with E-state index in [4.69, 9.17) is 4.74 Å². The Kier molecular flexibility index (Phi) is 4.20. The average Bonchev–Trinajstić information content (AvgIpc) is 2.38. The van der Waals surface area contributed by atoms with E-state index in [1.165, 1.54) is 0 Å². The molecule has 0 aliphatic rings. The molecule has 0 unspecified atom stereocenters. The van der Waals surface area contributed by atoms with E-state index in [1.807, 2.05) is 43.5 Å². The lowest BCUT2D eigenvalue weighted by molar-refractivity contribution is 0.410. The largest absolute Gasteiger partial charge is 0.496 e. The maximum absolute atomic E-state index is 5.33. The second kappa shape index (κ2) is 5.87. The van der Waals surface area contributed by atoms with Gasteiger partial charge >= 0.3 is 0 Å². The van der Waals surface area contributed by atoms with E-state index >= 15 is 0 Å². The molecule has 94 valence electrons. The van der Waals surface area contributed by atoms with Gasteiger partial charge in [-0.2, -0.15) is 0 Å². The molecule has 2 aromatic rings. The highest BCUT2D eigenvalue weighted by Gasteiger charge is 2.03. The zero-order valence-corrected chi connectivity index (χ0v) is 12.0. The molecule has 1 N–H and O–H groups in total. The smallest absolute Gasteiger partial charge is 0.123 e. The van der Waals surface area contributed by atoms with Gasteiger partial charge in [0.25, 0.3) is 0 Å². The van der Waals surface area contributed by atoms with Crippen molar-refractivity contribution in [2.24, 2.45) is 0 Å². The van der Waals surface area contributed by atoms with E-state index < -0.39 is 0 Å². The molecule has 3 nitrogen and oxygen atoms in total. The number of hydrogen-bond donors (Lipinski definition) is 1. The van der Waals surface area contributed by atoms with E-state index in [1.54, 1.807) is 7.11 Å². The summed E-state index contributed by atoms with van der Waals surface area (Å²) in [6.07, 6.45) is 1.83. The first-order valence-corrected chi connectivity index (χ1v) is 6.47. The molecule has 0 aliphatic heterocycles. The lowest BCUT2D eigenvalue weighted by atomic mass is 10.2. The SMILES string of the molecule is COc1ccc(Br)cc1CNc1ccc(C)nc1. The zero-order chi connectivity index (χ0) is 13.0. The topological polar surface area (TPSA) is 34.1 Å². The lowest BCUT2D eigenvalue weighted by Crippen LogP contribution is -2.02. The van der Waals surface area contributed by atoms with Gasteiger partial charge < -0.3 is 10.1 Å². The number of methoxy groups -OCH3 is 1. The van der Waals surface area contributed by atoms with Crippen LogP contribution < -0.4 is 10.1 Å². The Morgan fingerprint density at radius 1 is 1.28 bits per heavy atom. The van der Waals surface area contributed by atoms with Gasteiger partial charge in [-0.1, -0.05) is 15.9 Å². The third-order valence-electron chi connectivity index (χ3n) is 2.64. The van der Waals surface area contributed by atoms with Crippen molar-refractivity contribution >= 4 is 21.6 Å². The Bertz CT molecular complexity index is 526. The maximum Gasteiger partial charge on any atom is 0.123 e. The Morgan fingerprint density at radius 3 is 2.78 bits per heavy atom. The molecule has 0 saturated carbocycles. The predicted molar refractivity (Wildman–Crippen MR) is 77.0 cm³/mol. The van der Waals surface area contributed by atoms with Crippen LogP contribution in [0, 0.1) is 6.92 Å². The summed E-state index contributed by atoms with van der Waals surface area (Å²) in [5.41, 5.74) is 3.12. The quantitative estimate of drug-likeness (QED) is 0.933. The number of hydrogen-bond acceptors (Lipinski definition) is 3. The summed E-state index contributed by atoms with van der Waals surface area (Å²) >= 11 is 3.47. The van der Waals surface area contributed by atoms with Crippen LogP contribution in [0.15, 0.2) is 41.0 Å². The van der Waals surface area contributed by atoms with Crippen molar-refractivity contribution in [1.29, 1.82) is 0 Å². The van der Waals surface area contributed by atoms with Crippen LogP contribution in [0.5, 0.6) is 5.75 Å². The Morgan fingerprint density at radius 2 is 2.11 bits per heavy atom. The summed E-state index contributed by atoms with van der Waals surface area (Å²) in [4.78, 5) is 4.25. The van der Waals surface area contributed by atoms with E-state index in [2.05, 4.69) is 26.2 Å². The summed E-state index contributed by atoms with van der Waals surface area (Å²) in [7, 11) is 1.68. The molecule has 0 amide bonds. The number of halogens is 1. The van der Waals surface area contributed by atoms with Crippen LogP contribution in [-0.2, 0) is 6.54 Å². The summed E-state index contributed by atoms with van der Waals surface area (Å²) < 4.78 is 6.38. The summed E-state index contributed by atoms with van der Waals surface area (Å²) in [5, 5.41) is 3.33. The molecule has 1 aromatic heterocycles. The van der Waals surface area contributed by atoms with Crippen LogP contribution in [0.2, 0.25) is 0 Å². The fourth-order valence-corrected chi connectivity index (χ4v) is 2.06. The van der Waals surface area contributed by atoms with Crippen LogP contribution in [0.3, 0.4) is 0 Å². The molecule has 0 fully saturated rings. The highest BCUT2D eigenvalue weighted by molar-refractivity contribution is 9.10. The van der Waals surface area contributed by atoms with Gasteiger partial charge in [0.05, 0.1) is 19.0 Å². The molecule has 0 bridgehead atoms. The first-order chi connectivity index (χ1) is 8.69. The van der Waals surface area contributed by atoms with Crippen LogP contribution >= 0.6 is 15.9 Å². The monoisotopic (exact) mass is 306 g/mol. The zero-order valence-electron chi connectivity index (χ0n) is 10.4. The second-order valence-electron chi connectivity index (χ2n) is 4.00. The van der Waals surface area contributed by atoms with Gasteiger partial charge in [0, 0.05) is 22.3 Å². The minimum absolute atomic E-state index is 0.702. The van der Waals surface area contributed by atoms with Crippen molar-refractivity contribution < 1.29 is 4.74 Å². The van der Waals surface area contributed by atoms with E-state index in [-0.39, 0.29) is 0 Å². The molecular formula is C14H15BrN2O. The Hall–Kier alpha value is -1.55. The van der Waals surface area contributed by atoms with Crippen molar-refractivity contribution in [1.82, 2.24) is 4.98 Å². The highest BCUT2D eigenvalue weighted by Crippen LogP contribution is 2.23. The van der Waals surface area contributed by atoms with Crippen molar-refractivity contribution in [3.05, 3.63) is 52.3 Å². The van der Waals surface area contributed by atoms with Crippen molar-refractivity contribution in [2.75, 3.05) is 12.4 Å². The minimum atomic E-state index is 0.702. The van der Waals surface area contributed by atoms with Crippen LogP contribution in [0.4, 0.5) is 5.69 Å². The van der Waals surface area contributed by atoms with E-state index in [0.29, 0.717) is 6.54 Å². The number of anilines is 1. The van der Waals surface area contributed by atoms with Crippen LogP contribution in [0.25, 0.3) is 0 Å². The number of pyridine rings is 1. The van der Waals surface area contributed by atoms with Gasteiger partial charge in [-0.05, 0) is 37.3 Å². The Balaban J connectivity index is 2.09. The first kappa shape index (κ1) is 12.9. The summed E-state index contributed by atoms with van der Waals surface area (Å²) in [6, 6.07) is 9.98. The molecular weight excluding hydrogens is 292 g/mol. The van der Waals surface area contributed by atoms with E-state index in [0.717, 1.165) is 27.2 Å². The highest BCUT2D eigenvalue weighted by atomic mass is 79.9. The van der Waals surface area contributed by atoms with Gasteiger partial charge in [0.2, 0.25) is 0 Å². The number of nitrogens with zero attached hydrogens (tertiary/aromatic N) is 1. The normalized spacial score (nSPS) is 10.2. The van der Waals surface area contributed by atoms with Crippen LogP contribution in [0.1, 0.15) is 11.3 Å². The Labute approximate surface area is 115 Å². The molecule has 0 atom stereocenters. The van der Waals surface area contributed by atoms with Crippen molar-refractivity contribution in [3.63, 3.8) is 0 Å². The molecule has 1 heterocycles. The van der Waals surface area contributed by atoms with E-state index in [9.17, 15) is 0 Å². The number of aromatic nitrogens is 1. The average molecular weight is 307 g/mol. The predicted octanol–water partition coefficient (Wildman–Crippen LogP) is 3.77. The second-order valence-corrected chi connectivity index (χ2v) is 4.91. The molecule has 18 heavy (non-hydrogen) atoms. The standard InChI is InChI=1S/C14H15BrN2O/c1-10-3-5-13(9-16-10)17-8-11-7-12(15)4-6-14(11)18-2/h3-7,9,17H,8H2,1-2H3. The molecule has 0 radical (unpaired) electrons. The summed E-state index contributed by atoms with van der Waals surface area (Å²) in [5.74, 6) is 0.880. The van der Waals surface area contributed by atoms with Gasteiger partial charge in [0.1, 0.15) is 5.75 Å². The lowest BCUT2D eigenvalue weighted by Gasteiger charge is -2.11. The fourth-order valence-electron chi connectivity index (χ4n) is 1.65. The number of benzene rings is 1. The molecule has 1 aromatic carbocycles. The number of rotatable bonds is 4. The number of ether oxygens (including phenoxy) is 1. The minimum Gasteiger partial charge on any atom is -0.496 e. The van der Waals surface area contributed by atoms with Gasteiger partial charge in [-0.3, -0.25) is 4.98 Å². The van der Waals surface area contributed by atoms with Crippen molar-refractivity contribution in [2.45, 2.75) is 13.5 Å². The molecule has 2 rings (SSSR count). The first-order valence-electron chi connectivity index (χ1n) is 5.68. The number of nitrogens with one attached hydrogen (secondary N) is 1. The van der Waals surface area contributed by atoms with Gasteiger partial charge in [-0.25, -0.2) is 0 Å². The summed E-state index contributed by atoms with van der Waals surface area (Å²) in [6.45, 7) is 2.68. The number of aryl methyl sites for hydroxylation is 1. The maximum atomic E-state index is 5.33. The molecule has 0 aliphatic carbocycles. The van der Waals surface area contributed by atoms with Gasteiger partial charge in [-0.15, -0.1) is 0 Å². The molecule has 4 heteroatoms. The van der Waals surface area contributed by atoms with Crippen LogP contribution in [-0.4, -0.2) is 12.1 Å². The molecule has 0 saturated heterocycles. The van der Waals surface area contributed by atoms with Gasteiger partial charge in [0.15, 0.2) is 0 Å². The third kappa shape index (κ3) is 3.23. The molecule has 0 spiro atoms.